The summed E-state index contributed by atoms with van der Waals surface area (Å²) in [6.45, 7) is 1.96. The van der Waals surface area contributed by atoms with E-state index < -0.39 is 0 Å². The van der Waals surface area contributed by atoms with E-state index in [1.165, 1.54) is 0 Å². The maximum atomic E-state index is 12.1. The number of hydrazone groups is 1. The SMILES string of the molecule is Cc1[nH]c2ccccc2c1/C=N\NC(=O)CCc1nc2ccccc2[nH]c1=O. The van der Waals surface area contributed by atoms with Gasteiger partial charge < -0.3 is 9.97 Å². The van der Waals surface area contributed by atoms with Crippen molar-refractivity contribution in [2.75, 3.05) is 0 Å². The summed E-state index contributed by atoms with van der Waals surface area (Å²) >= 11 is 0. The van der Waals surface area contributed by atoms with Crippen molar-refractivity contribution >= 4 is 34.1 Å². The summed E-state index contributed by atoms with van der Waals surface area (Å²) in [5.41, 5.74) is 6.89. The summed E-state index contributed by atoms with van der Waals surface area (Å²) in [6, 6.07) is 15.2. The topological polar surface area (TPSA) is 103 Å². The first-order valence-electron chi connectivity index (χ1n) is 8.99. The molecule has 2 heterocycles. The van der Waals surface area contributed by atoms with Crippen LogP contribution in [0.5, 0.6) is 0 Å². The van der Waals surface area contributed by atoms with Crippen molar-refractivity contribution < 1.29 is 4.79 Å². The van der Waals surface area contributed by atoms with Crippen molar-refractivity contribution in [2.45, 2.75) is 19.8 Å². The first-order valence-corrected chi connectivity index (χ1v) is 8.99. The van der Waals surface area contributed by atoms with Gasteiger partial charge >= 0.3 is 0 Å². The molecule has 4 aromatic rings. The molecule has 1 amide bonds. The molecule has 2 aromatic carbocycles. The molecule has 2 aromatic heterocycles. The van der Waals surface area contributed by atoms with E-state index >= 15 is 0 Å². The molecule has 0 aliphatic rings. The molecular formula is C21H19N5O2. The lowest BCUT2D eigenvalue weighted by Crippen LogP contribution is -2.21. The molecule has 0 atom stereocenters. The molecule has 0 saturated carbocycles. The smallest absolute Gasteiger partial charge is 0.270 e. The minimum absolute atomic E-state index is 0.124. The number of aromatic amines is 2. The van der Waals surface area contributed by atoms with Crippen LogP contribution in [0, 0.1) is 6.92 Å². The molecule has 0 aliphatic heterocycles. The van der Waals surface area contributed by atoms with E-state index in [0.29, 0.717) is 16.7 Å². The zero-order chi connectivity index (χ0) is 19.5. The summed E-state index contributed by atoms with van der Waals surface area (Å²) in [4.78, 5) is 34.6. The van der Waals surface area contributed by atoms with Crippen LogP contribution in [0.3, 0.4) is 0 Å². The maximum Gasteiger partial charge on any atom is 0.270 e. The highest BCUT2D eigenvalue weighted by molar-refractivity contribution is 6.00. The number of carbonyl (C=O) groups excluding carboxylic acids is 1. The third kappa shape index (κ3) is 3.55. The van der Waals surface area contributed by atoms with Crippen molar-refractivity contribution in [3.05, 3.63) is 75.8 Å². The molecule has 4 rings (SSSR count). The minimum atomic E-state index is -0.275. The van der Waals surface area contributed by atoms with Gasteiger partial charge in [-0.2, -0.15) is 5.10 Å². The van der Waals surface area contributed by atoms with E-state index in [0.717, 1.165) is 22.2 Å². The van der Waals surface area contributed by atoms with Gasteiger partial charge in [0.2, 0.25) is 5.91 Å². The average Bonchev–Trinajstić information content (AvgIpc) is 3.01. The lowest BCUT2D eigenvalue weighted by Gasteiger charge is -2.02. The Hall–Kier alpha value is -3.74. The molecule has 0 aliphatic carbocycles. The van der Waals surface area contributed by atoms with E-state index in [9.17, 15) is 9.59 Å². The predicted octanol–water partition coefficient (Wildman–Crippen LogP) is 2.80. The third-order valence-corrected chi connectivity index (χ3v) is 4.58. The van der Waals surface area contributed by atoms with Gasteiger partial charge in [0.15, 0.2) is 0 Å². The lowest BCUT2D eigenvalue weighted by molar-refractivity contribution is -0.121. The highest BCUT2D eigenvalue weighted by Crippen LogP contribution is 2.19. The molecular weight excluding hydrogens is 354 g/mol. The van der Waals surface area contributed by atoms with E-state index in [-0.39, 0.29) is 24.3 Å². The second-order valence-electron chi connectivity index (χ2n) is 6.53. The average molecular weight is 373 g/mol. The maximum absolute atomic E-state index is 12.1. The van der Waals surface area contributed by atoms with Crippen molar-refractivity contribution in [1.82, 2.24) is 20.4 Å². The van der Waals surface area contributed by atoms with Crippen molar-refractivity contribution in [2.24, 2.45) is 5.10 Å². The van der Waals surface area contributed by atoms with Crippen molar-refractivity contribution in [3.8, 4) is 0 Å². The number of nitrogens with zero attached hydrogens (tertiary/aromatic N) is 2. The van der Waals surface area contributed by atoms with Crippen LogP contribution in [-0.4, -0.2) is 27.1 Å². The molecule has 7 nitrogen and oxygen atoms in total. The van der Waals surface area contributed by atoms with E-state index in [2.05, 4.69) is 25.5 Å². The molecule has 140 valence electrons. The number of fused-ring (bicyclic) bond motifs is 2. The Kier molecular flexibility index (Phi) is 4.72. The Morgan fingerprint density at radius 1 is 1.11 bits per heavy atom. The van der Waals surface area contributed by atoms with Gasteiger partial charge in [0.1, 0.15) is 5.69 Å². The number of amides is 1. The van der Waals surface area contributed by atoms with Gasteiger partial charge in [-0.05, 0) is 25.1 Å². The van der Waals surface area contributed by atoms with Gasteiger partial charge in [0.05, 0.1) is 17.2 Å². The van der Waals surface area contributed by atoms with E-state index in [4.69, 9.17) is 0 Å². The number of aromatic nitrogens is 3. The zero-order valence-electron chi connectivity index (χ0n) is 15.3. The number of nitrogens with one attached hydrogen (secondary N) is 3. The van der Waals surface area contributed by atoms with E-state index in [1.807, 2.05) is 49.4 Å². The molecule has 0 bridgehead atoms. The van der Waals surface area contributed by atoms with Crippen LogP contribution < -0.4 is 11.0 Å². The fraction of sp³-hybridized carbons (Fsp3) is 0.143. The van der Waals surface area contributed by atoms with Crippen molar-refractivity contribution in [3.63, 3.8) is 0 Å². The van der Waals surface area contributed by atoms with Crippen molar-refractivity contribution in [1.29, 1.82) is 0 Å². The first-order chi connectivity index (χ1) is 13.6. The summed E-state index contributed by atoms with van der Waals surface area (Å²) in [5.74, 6) is -0.275. The van der Waals surface area contributed by atoms with Gasteiger partial charge in [-0.1, -0.05) is 30.3 Å². The number of benzene rings is 2. The molecule has 0 radical (unpaired) electrons. The molecule has 0 fully saturated rings. The Labute approximate surface area is 160 Å². The third-order valence-electron chi connectivity index (χ3n) is 4.58. The quantitative estimate of drug-likeness (QED) is 0.370. The minimum Gasteiger partial charge on any atom is -0.358 e. The normalized spacial score (nSPS) is 11.5. The summed E-state index contributed by atoms with van der Waals surface area (Å²) in [6.07, 6.45) is 2.00. The second kappa shape index (κ2) is 7.48. The molecule has 0 unspecified atom stereocenters. The molecule has 0 spiro atoms. The number of H-pyrrole nitrogens is 2. The number of rotatable bonds is 5. The van der Waals surface area contributed by atoms with Crippen LogP contribution >= 0.6 is 0 Å². The fourth-order valence-electron chi connectivity index (χ4n) is 3.16. The summed E-state index contributed by atoms with van der Waals surface area (Å²) in [5, 5.41) is 5.10. The van der Waals surface area contributed by atoms with Crippen LogP contribution in [0.4, 0.5) is 0 Å². The van der Waals surface area contributed by atoms with Gasteiger partial charge in [0, 0.05) is 35.0 Å². The summed E-state index contributed by atoms with van der Waals surface area (Å²) in [7, 11) is 0. The Morgan fingerprint density at radius 2 is 1.86 bits per heavy atom. The predicted molar refractivity (Wildman–Crippen MR) is 109 cm³/mol. The van der Waals surface area contributed by atoms with Gasteiger partial charge in [-0.25, -0.2) is 10.4 Å². The fourth-order valence-corrected chi connectivity index (χ4v) is 3.16. The van der Waals surface area contributed by atoms with E-state index in [1.54, 1.807) is 12.3 Å². The number of carbonyl (C=O) groups is 1. The molecule has 0 saturated heterocycles. The van der Waals surface area contributed by atoms with Crippen LogP contribution in [0.2, 0.25) is 0 Å². The highest BCUT2D eigenvalue weighted by Gasteiger charge is 2.08. The number of hydrogen-bond donors (Lipinski definition) is 3. The molecule has 28 heavy (non-hydrogen) atoms. The molecule has 3 N–H and O–H groups in total. The standard InChI is InChI=1S/C21H19N5O2/c1-13-15(14-6-2-3-7-16(14)23-13)12-22-26-20(27)11-10-19-21(28)25-18-9-5-4-8-17(18)24-19/h2-9,12,23H,10-11H2,1H3,(H,25,28)(H,26,27)/b22-12-. The number of para-hydroxylation sites is 3. The Balaban J connectivity index is 1.41. The Bertz CT molecular complexity index is 1250. The first kappa shape index (κ1) is 17.7. The van der Waals surface area contributed by atoms with Gasteiger partial charge in [-0.3, -0.25) is 9.59 Å². The number of hydrogen-bond acceptors (Lipinski definition) is 4. The molecule has 7 heteroatoms. The monoisotopic (exact) mass is 373 g/mol. The number of aryl methyl sites for hydroxylation is 2. The van der Waals surface area contributed by atoms with Crippen LogP contribution in [0.25, 0.3) is 21.9 Å². The highest BCUT2D eigenvalue weighted by atomic mass is 16.2. The summed E-state index contributed by atoms with van der Waals surface area (Å²) < 4.78 is 0. The Morgan fingerprint density at radius 3 is 2.71 bits per heavy atom. The van der Waals surface area contributed by atoms with Crippen LogP contribution in [-0.2, 0) is 11.2 Å². The lowest BCUT2D eigenvalue weighted by atomic mass is 10.1. The zero-order valence-corrected chi connectivity index (χ0v) is 15.3. The van der Waals surface area contributed by atoms with Crippen LogP contribution in [0.15, 0.2) is 58.4 Å². The second-order valence-corrected chi connectivity index (χ2v) is 6.53. The van der Waals surface area contributed by atoms with Crippen LogP contribution in [0.1, 0.15) is 23.4 Å². The van der Waals surface area contributed by atoms with Gasteiger partial charge in [0.25, 0.3) is 5.56 Å². The van der Waals surface area contributed by atoms with Gasteiger partial charge in [-0.15, -0.1) is 0 Å². The largest absolute Gasteiger partial charge is 0.358 e.